The molecule has 1 rings (SSSR count). The van der Waals surface area contributed by atoms with Crippen LogP contribution in [0.4, 0.5) is 10.1 Å². The van der Waals surface area contributed by atoms with Gasteiger partial charge in [-0.3, -0.25) is 4.79 Å². The number of halogens is 1. The van der Waals surface area contributed by atoms with Gasteiger partial charge in [0.05, 0.1) is 5.56 Å². The van der Waals surface area contributed by atoms with Crippen molar-refractivity contribution in [1.82, 2.24) is 0 Å². The fraction of sp³-hybridized carbons (Fsp3) is 0.385. The minimum absolute atomic E-state index is 0.0708. The summed E-state index contributed by atoms with van der Waals surface area (Å²) in [6.45, 7) is 5.87. The van der Waals surface area contributed by atoms with E-state index >= 15 is 0 Å². The van der Waals surface area contributed by atoms with Crippen LogP contribution in [0, 0.1) is 22.6 Å². The van der Waals surface area contributed by atoms with Gasteiger partial charge in [0.1, 0.15) is 11.9 Å². The number of benzene rings is 1. The van der Waals surface area contributed by atoms with Gasteiger partial charge in [0.2, 0.25) is 5.91 Å². The Bertz CT molecular complexity index is 469. The van der Waals surface area contributed by atoms with E-state index in [-0.39, 0.29) is 16.9 Å². The van der Waals surface area contributed by atoms with Crippen molar-refractivity contribution in [2.75, 3.05) is 5.32 Å². The summed E-state index contributed by atoms with van der Waals surface area (Å²) in [4.78, 5) is 11.6. The van der Waals surface area contributed by atoms with E-state index in [4.69, 9.17) is 5.26 Å². The van der Waals surface area contributed by atoms with Crippen molar-refractivity contribution >= 4 is 11.6 Å². The van der Waals surface area contributed by atoms with Crippen LogP contribution in [0.1, 0.15) is 32.8 Å². The van der Waals surface area contributed by atoms with Gasteiger partial charge < -0.3 is 5.32 Å². The lowest BCUT2D eigenvalue weighted by atomic mass is 9.92. The van der Waals surface area contributed by atoms with Gasteiger partial charge >= 0.3 is 0 Å². The third-order valence-electron chi connectivity index (χ3n) is 2.06. The predicted molar refractivity (Wildman–Crippen MR) is 63.8 cm³/mol. The van der Waals surface area contributed by atoms with Crippen molar-refractivity contribution in [1.29, 1.82) is 5.26 Å². The average molecular weight is 234 g/mol. The van der Waals surface area contributed by atoms with E-state index in [0.29, 0.717) is 12.1 Å². The van der Waals surface area contributed by atoms with Crippen molar-refractivity contribution in [3.05, 3.63) is 29.6 Å². The molecule has 1 aromatic carbocycles. The molecule has 0 fully saturated rings. The monoisotopic (exact) mass is 234 g/mol. The van der Waals surface area contributed by atoms with Gasteiger partial charge in [-0.25, -0.2) is 4.39 Å². The highest BCUT2D eigenvalue weighted by Crippen LogP contribution is 2.20. The summed E-state index contributed by atoms with van der Waals surface area (Å²) in [6.07, 6.45) is 0.367. The molecule has 3 nitrogen and oxygen atoms in total. The SMILES string of the molecule is CC(C)(C)CC(=O)Nc1ccc(F)c(C#N)c1. The van der Waals surface area contributed by atoms with Crippen LogP contribution in [0.15, 0.2) is 18.2 Å². The molecule has 17 heavy (non-hydrogen) atoms. The molecule has 0 aliphatic carbocycles. The Balaban J connectivity index is 2.77. The van der Waals surface area contributed by atoms with Crippen molar-refractivity contribution in [3.8, 4) is 6.07 Å². The molecule has 0 aromatic heterocycles. The molecule has 0 aliphatic rings. The standard InChI is InChI=1S/C13H15FN2O/c1-13(2,3)7-12(17)16-10-4-5-11(14)9(6-10)8-15/h4-6H,7H2,1-3H3,(H,16,17). The van der Waals surface area contributed by atoms with E-state index in [1.807, 2.05) is 20.8 Å². The predicted octanol–water partition coefficient (Wildman–Crippen LogP) is 3.07. The highest BCUT2D eigenvalue weighted by atomic mass is 19.1. The van der Waals surface area contributed by atoms with Gasteiger partial charge in [-0.15, -0.1) is 0 Å². The van der Waals surface area contributed by atoms with E-state index in [1.165, 1.54) is 18.2 Å². The maximum atomic E-state index is 13.0. The molecule has 4 heteroatoms. The fourth-order valence-corrected chi connectivity index (χ4v) is 1.38. The molecule has 1 aromatic rings. The maximum Gasteiger partial charge on any atom is 0.224 e. The number of anilines is 1. The number of nitriles is 1. The molecule has 0 saturated carbocycles. The summed E-state index contributed by atoms with van der Waals surface area (Å²) < 4.78 is 13.0. The lowest BCUT2D eigenvalue weighted by molar-refractivity contribution is -0.117. The molecule has 0 bridgehead atoms. The summed E-state index contributed by atoms with van der Waals surface area (Å²) in [5.41, 5.74) is 0.262. The molecule has 1 amide bonds. The Morgan fingerprint density at radius 1 is 1.47 bits per heavy atom. The van der Waals surface area contributed by atoms with Crippen LogP contribution in [0.3, 0.4) is 0 Å². The van der Waals surface area contributed by atoms with E-state index in [1.54, 1.807) is 6.07 Å². The molecule has 0 saturated heterocycles. The molecule has 0 unspecified atom stereocenters. The second-order valence-electron chi connectivity index (χ2n) is 5.09. The first kappa shape index (κ1) is 13.2. The summed E-state index contributed by atoms with van der Waals surface area (Å²) in [5, 5.41) is 11.3. The first-order valence-corrected chi connectivity index (χ1v) is 5.31. The molecular formula is C13H15FN2O. The Kier molecular flexibility index (Phi) is 3.84. The largest absolute Gasteiger partial charge is 0.326 e. The Hall–Kier alpha value is -1.89. The van der Waals surface area contributed by atoms with Gasteiger partial charge in [0.25, 0.3) is 0 Å². The average Bonchev–Trinajstić information content (AvgIpc) is 2.18. The highest BCUT2D eigenvalue weighted by Gasteiger charge is 2.16. The maximum absolute atomic E-state index is 13.0. The topological polar surface area (TPSA) is 52.9 Å². The minimum Gasteiger partial charge on any atom is -0.326 e. The number of hydrogen-bond acceptors (Lipinski definition) is 2. The van der Waals surface area contributed by atoms with Gasteiger partial charge in [-0.2, -0.15) is 5.26 Å². The zero-order valence-corrected chi connectivity index (χ0v) is 10.2. The van der Waals surface area contributed by atoms with Crippen molar-refractivity contribution in [2.45, 2.75) is 27.2 Å². The molecule has 1 N–H and O–H groups in total. The summed E-state index contributed by atoms with van der Waals surface area (Å²) in [5.74, 6) is -0.727. The Morgan fingerprint density at radius 2 is 2.12 bits per heavy atom. The molecule has 0 radical (unpaired) electrons. The molecule has 0 aliphatic heterocycles. The third kappa shape index (κ3) is 4.23. The smallest absolute Gasteiger partial charge is 0.224 e. The number of carbonyl (C=O) groups is 1. The zero-order chi connectivity index (χ0) is 13.1. The molecule has 0 atom stereocenters. The van der Waals surface area contributed by atoms with E-state index in [9.17, 15) is 9.18 Å². The van der Waals surface area contributed by atoms with Crippen molar-refractivity contribution in [3.63, 3.8) is 0 Å². The first-order chi connectivity index (χ1) is 7.81. The van der Waals surface area contributed by atoms with Crippen LogP contribution in [0.5, 0.6) is 0 Å². The third-order valence-corrected chi connectivity index (χ3v) is 2.06. The minimum atomic E-state index is -0.582. The summed E-state index contributed by atoms with van der Waals surface area (Å²) >= 11 is 0. The van der Waals surface area contributed by atoms with Crippen LogP contribution in [0.25, 0.3) is 0 Å². The number of rotatable bonds is 2. The van der Waals surface area contributed by atoms with E-state index < -0.39 is 5.82 Å². The van der Waals surface area contributed by atoms with Gasteiger partial charge in [-0.05, 0) is 23.6 Å². The molecule has 0 heterocycles. The second kappa shape index (κ2) is 4.96. The van der Waals surface area contributed by atoms with Gasteiger partial charge in [-0.1, -0.05) is 20.8 Å². The summed E-state index contributed by atoms with van der Waals surface area (Å²) in [6, 6.07) is 5.67. The Labute approximate surface area is 100 Å². The van der Waals surface area contributed by atoms with Crippen LogP contribution >= 0.6 is 0 Å². The van der Waals surface area contributed by atoms with E-state index in [2.05, 4.69) is 5.32 Å². The van der Waals surface area contributed by atoms with Gasteiger partial charge in [0.15, 0.2) is 0 Å². The van der Waals surface area contributed by atoms with Crippen LogP contribution in [0.2, 0.25) is 0 Å². The summed E-state index contributed by atoms with van der Waals surface area (Å²) in [7, 11) is 0. The molecular weight excluding hydrogens is 219 g/mol. The van der Waals surface area contributed by atoms with E-state index in [0.717, 1.165) is 0 Å². The lowest BCUT2D eigenvalue weighted by Gasteiger charge is -2.17. The zero-order valence-electron chi connectivity index (χ0n) is 10.2. The quantitative estimate of drug-likeness (QED) is 0.854. The number of nitrogens with zero attached hydrogens (tertiary/aromatic N) is 1. The van der Waals surface area contributed by atoms with Crippen molar-refractivity contribution < 1.29 is 9.18 Å². The lowest BCUT2D eigenvalue weighted by Crippen LogP contribution is -2.19. The Morgan fingerprint density at radius 3 is 2.65 bits per heavy atom. The highest BCUT2D eigenvalue weighted by molar-refractivity contribution is 5.91. The number of amides is 1. The van der Waals surface area contributed by atoms with Crippen LogP contribution < -0.4 is 5.32 Å². The number of carbonyl (C=O) groups excluding carboxylic acids is 1. The van der Waals surface area contributed by atoms with Crippen LogP contribution in [-0.4, -0.2) is 5.91 Å². The number of nitrogens with one attached hydrogen (secondary N) is 1. The number of hydrogen-bond donors (Lipinski definition) is 1. The fourth-order valence-electron chi connectivity index (χ4n) is 1.38. The second-order valence-corrected chi connectivity index (χ2v) is 5.09. The van der Waals surface area contributed by atoms with Crippen LogP contribution in [-0.2, 0) is 4.79 Å². The normalized spacial score (nSPS) is 10.8. The first-order valence-electron chi connectivity index (χ1n) is 5.31. The van der Waals surface area contributed by atoms with Gasteiger partial charge in [0, 0.05) is 12.1 Å². The van der Waals surface area contributed by atoms with Crippen molar-refractivity contribution in [2.24, 2.45) is 5.41 Å². The molecule has 90 valence electrons. The molecule has 0 spiro atoms.